The topological polar surface area (TPSA) is 55.5 Å². The van der Waals surface area contributed by atoms with E-state index in [1.54, 1.807) is 0 Å². The molecule has 3 N–H and O–H groups in total. The van der Waals surface area contributed by atoms with E-state index in [0.29, 0.717) is 12.3 Å². The minimum absolute atomic E-state index is 0.130. The first-order valence-corrected chi connectivity index (χ1v) is 7.24. The zero-order valence-corrected chi connectivity index (χ0v) is 12.3. The zero-order chi connectivity index (χ0) is 14.3. The molecule has 0 aliphatic rings. The van der Waals surface area contributed by atoms with Crippen molar-refractivity contribution in [2.24, 2.45) is 5.73 Å². The van der Waals surface area contributed by atoms with Crippen LogP contribution in [0.4, 0.5) is 0 Å². The van der Waals surface area contributed by atoms with Gasteiger partial charge in [0.05, 0.1) is 12.7 Å². The Morgan fingerprint density at radius 1 is 1.21 bits per heavy atom. The molecule has 108 valence electrons. The van der Waals surface area contributed by atoms with Gasteiger partial charge in [-0.05, 0) is 42.9 Å². The van der Waals surface area contributed by atoms with Gasteiger partial charge >= 0.3 is 0 Å². The maximum Gasteiger partial charge on any atom is 0.119 e. The third-order valence-electron chi connectivity index (χ3n) is 3.48. The molecule has 3 heteroatoms. The number of hydrogen-bond donors (Lipinski definition) is 2. The second-order valence-electron chi connectivity index (χ2n) is 5.19. The Morgan fingerprint density at radius 2 is 1.84 bits per heavy atom. The van der Waals surface area contributed by atoms with Gasteiger partial charge in [-0.3, -0.25) is 0 Å². The highest BCUT2D eigenvalue weighted by Crippen LogP contribution is 2.24. The standard InChI is InChI=1S/C16H27NO2/c1-4-10-19-14-8-6-13(7-9-14)12(3)11-16(18)15(17)5-2/h6-9,12,15-16,18H,4-5,10-11,17H2,1-3H3. The number of aliphatic hydroxyl groups is 1. The maximum atomic E-state index is 9.97. The normalized spacial score (nSPS) is 15.8. The summed E-state index contributed by atoms with van der Waals surface area (Å²) >= 11 is 0. The molecule has 0 fully saturated rings. The minimum atomic E-state index is -0.434. The monoisotopic (exact) mass is 265 g/mol. The van der Waals surface area contributed by atoms with E-state index in [9.17, 15) is 5.11 Å². The second-order valence-corrected chi connectivity index (χ2v) is 5.19. The molecule has 0 saturated carbocycles. The Morgan fingerprint density at radius 3 is 2.37 bits per heavy atom. The van der Waals surface area contributed by atoms with Gasteiger partial charge in [-0.25, -0.2) is 0 Å². The summed E-state index contributed by atoms with van der Waals surface area (Å²) in [5, 5.41) is 9.97. The largest absolute Gasteiger partial charge is 0.494 e. The molecule has 0 amide bonds. The Bertz CT molecular complexity index is 350. The number of ether oxygens (including phenoxy) is 1. The van der Waals surface area contributed by atoms with E-state index in [2.05, 4.69) is 26.0 Å². The predicted octanol–water partition coefficient (Wildman–Crippen LogP) is 3.07. The van der Waals surface area contributed by atoms with Gasteiger partial charge in [0.2, 0.25) is 0 Å². The first kappa shape index (κ1) is 16.0. The van der Waals surface area contributed by atoms with Gasteiger partial charge in [0.25, 0.3) is 0 Å². The van der Waals surface area contributed by atoms with Crippen LogP contribution in [-0.4, -0.2) is 23.9 Å². The van der Waals surface area contributed by atoms with Gasteiger partial charge in [-0.15, -0.1) is 0 Å². The lowest BCUT2D eigenvalue weighted by atomic mass is 9.92. The Hall–Kier alpha value is -1.06. The molecule has 0 saturated heterocycles. The summed E-state index contributed by atoms with van der Waals surface area (Å²) in [6, 6.07) is 8.00. The predicted molar refractivity (Wildman–Crippen MR) is 79.5 cm³/mol. The molecule has 0 radical (unpaired) electrons. The third-order valence-corrected chi connectivity index (χ3v) is 3.48. The van der Waals surface area contributed by atoms with E-state index in [1.807, 2.05) is 19.1 Å². The van der Waals surface area contributed by atoms with E-state index in [1.165, 1.54) is 5.56 Å². The smallest absolute Gasteiger partial charge is 0.119 e. The molecule has 0 aliphatic heterocycles. The van der Waals surface area contributed by atoms with E-state index in [4.69, 9.17) is 10.5 Å². The van der Waals surface area contributed by atoms with Gasteiger partial charge in [0, 0.05) is 6.04 Å². The SMILES string of the molecule is CCCOc1ccc(C(C)CC(O)C(N)CC)cc1. The summed E-state index contributed by atoms with van der Waals surface area (Å²) < 4.78 is 5.56. The van der Waals surface area contributed by atoms with Gasteiger partial charge < -0.3 is 15.6 Å². The average Bonchev–Trinajstić information content (AvgIpc) is 2.44. The zero-order valence-electron chi connectivity index (χ0n) is 12.3. The lowest BCUT2D eigenvalue weighted by molar-refractivity contribution is 0.126. The Labute approximate surface area is 116 Å². The first-order valence-electron chi connectivity index (χ1n) is 7.24. The van der Waals surface area contributed by atoms with E-state index < -0.39 is 6.10 Å². The molecule has 1 rings (SSSR count). The third kappa shape index (κ3) is 5.21. The van der Waals surface area contributed by atoms with E-state index in [0.717, 1.165) is 25.2 Å². The molecule has 0 heterocycles. The summed E-state index contributed by atoms with van der Waals surface area (Å²) in [5.74, 6) is 1.21. The van der Waals surface area contributed by atoms with Gasteiger partial charge in [0.1, 0.15) is 5.75 Å². The van der Waals surface area contributed by atoms with Crippen molar-refractivity contribution in [3.8, 4) is 5.75 Å². The van der Waals surface area contributed by atoms with Crippen molar-refractivity contribution in [1.82, 2.24) is 0 Å². The number of benzene rings is 1. The lowest BCUT2D eigenvalue weighted by Crippen LogP contribution is -2.34. The van der Waals surface area contributed by atoms with Crippen molar-refractivity contribution in [3.63, 3.8) is 0 Å². The van der Waals surface area contributed by atoms with Crippen LogP contribution in [0.15, 0.2) is 24.3 Å². The summed E-state index contributed by atoms with van der Waals surface area (Å²) in [6.45, 7) is 6.96. The molecule has 0 aromatic heterocycles. The quantitative estimate of drug-likeness (QED) is 0.759. The summed E-state index contributed by atoms with van der Waals surface area (Å²) in [4.78, 5) is 0. The molecule has 0 aliphatic carbocycles. The molecular formula is C16H27NO2. The summed E-state index contributed by atoms with van der Waals surface area (Å²) in [6.07, 6.45) is 2.08. The van der Waals surface area contributed by atoms with Gasteiger partial charge in [-0.1, -0.05) is 32.9 Å². The Kier molecular flexibility index (Phi) is 6.89. The van der Waals surface area contributed by atoms with Crippen molar-refractivity contribution in [2.45, 2.75) is 58.1 Å². The van der Waals surface area contributed by atoms with Crippen LogP contribution in [0.25, 0.3) is 0 Å². The highest BCUT2D eigenvalue weighted by Gasteiger charge is 2.17. The van der Waals surface area contributed by atoms with Gasteiger partial charge in [-0.2, -0.15) is 0 Å². The van der Waals surface area contributed by atoms with Crippen molar-refractivity contribution < 1.29 is 9.84 Å². The van der Waals surface area contributed by atoms with Crippen molar-refractivity contribution in [3.05, 3.63) is 29.8 Å². The molecule has 0 bridgehead atoms. The number of rotatable bonds is 8. The van der Waals surface area contributed by atoms with Crippen LogP contribution in [0.2, 0.25) is 0 Å². The van der Waals surface area contributed by atoms with Crippen molar-refractivity contribution in [1.29, 1.82) is 0 Å². The number of aliphatic hydroxyl groups excluding tert-OH is 1. The fraction of sp³-hybridized carbons (Fsp3) is 0.625. The molecule has 0 spiro atoms. The molecular weight excluding hydrogens is 238 g/mol. The maximum absolute atomic E-state index is 9.97. The highest BCUT2D eigenvalue weighted by molar-refractivity contribution is 5.29. The van der Waals surface area contributed by atoms with E-state index >= 15 is 0 Å². The fourth-order valence-corrected chi connectivity index (χ4v) is 2.06. The lowest BCUT2D eigenvalue weighted by Gasteiger charge is -2.21. The molecule has 1 aromatic rings. The highest BCUT2D eigenvalue weighted by atomic mass is 16.5. The van der Waals surface area contributed by atoms with Crippen LogP contribution in [0.1, 0.15) is 51.5 Å². The van der Waals surface area contributed by atoms with Crippen molar-refractivity contribution >= 4 is 0 Å². The van der Waals surface area contributed by atoms with Gasteiger partial charge in [0.15, 0.2) is 0 Å². The molecule has 3 nitrogen and oxygen atoms in total. The average molecular weight is 265 g/mol. The number of nitrogens with two attached hydrogens (primary N) is 1. The Balaban J connectivity index is 2.55. The molecule has 1 aromatic carbocycles. The van der Waals surface area contributed by atoms with Crippen LogP contribution < -0.4 is 10.5 Å². The molecule has 3 atom stereocenters. The van der Waals surface area contributed by atoms with Crippen LogP contribution in [0, 0.1) is 0 Å². The van der Waals surface area contributed by atoms with E-state index in [-0.39, 0.29) is 6.04 Å². The van der Waals surface area contributed by atoms with Crippen LogP contribution >= 0.6 is 0 Å². The second kappa shape index (κ2) is 8.18. The van der Waals surface area contributed by atoms with Crippen LogP contribution in [0.5, 0.6) is 5.75 Å². The fourth-order valence-electron chi connectivity index (χ4n) is 2.06. The summed E-state index contributed by atoms with van der Waals surface area (Å²) in [5.41, 5.74) is 7.07. The van der Waals surface area contributed by atoms with Crippen molar-refractivity contribution in [2.75, 3.05) is 6.61 Å². The van der Waals surface area contributed by atoms with Crippen LogP contribution in [0.3, 0.4) is 0 Å². The first-order chi connectivity index (χ1) is 9.08. The summed E-state index contributed by atoms with van der Waals surface area (Å²) in [7, 11) is 0. The molecule has 3 unspecified atom stereocenters. The molecule has 19 heavy (non-hydrogen) atoms. The minimum Gasteiger partial charge on any atom is -0.494 e. The number of hydrogen-bond acceptors (Lipinski definition) is 3. The van der Waals surface area contributed by atoms with Crippen LogP contribution in [-0.2, 0) is 0 Å².